The van der Waals surface area contributed by atoms with Crippen molar-refractivity contribution in [2.75, 3.05) is 32.7 Å². The highest BCUT2D eigenvalue weighted by Gasteiger charge is 2.17. The van der Waals surface area contributed by atoms with E-state index in [-0.39, 0.29) is 11.8 Å². The number of ether oxygens (including phenoxy) is 2. The smallest absolute Gasteiger partial charge is 0.258 e. The number of benzene rings is 3. The summed E-state index contributed by atoms with van der Waals surface area (Å²) in [5.41, 5.74) is 5.29. The quantitative estimate of drug-likeness (QED) is 0.565. The number of amides is 2. The third kappa shape index (κ3) is 5.05. The Morgan fingerprint density at radius 1 is 0.941 bits per heavy atom. The summed E-state index contributed by atoms with van der Waals surface area (Å²) in [7, 11) is 4.86. The Bertz CT molecular complexity index is 1210. The van der Waals surface area contributed by atoms with E-state index in [9.17, 15) is 9.59 Å². The number of hydrogen-bond donors (Lipinski definition) is 2. The van der Waals surface area contributed by atoms with Crippen LogP contribution in [0.2, 0.25) is 0 Å². The van der Waals surface area contributed by atoms with Gasteiger partial charge in [0.05, 0.1) is 14.2 Å². The molecule has 0 aromatic heterocycles. The second-order valence-corrected chi connectivity index (χ2v) is 8.20. The molecular formula is C27H29N3O4. The molecule has 0 saturated carbocycles. The van der Waals surface area contributed by atoms with Crippen LogP contribution in [0, 0.1) is 0 Å². The molecule has 0 atom stereocenters. The van der Waals surface area contributed by atoms with Crippen LogP contribution in [0.1, 0.15) is 37.4 Å². The standard InChI is InChI=1S/C27H29N3O4/c1-30(23-9-7-19-11-12-28-17-22(19)14-23)27(32)21-6-4-5-18(13-21)16-29-26(31)20-8-10-24(33-2)25(15-20)34-3/h4-10,13-15,28H,11-12,16-17H2,1-3H3,(H,29,31). The molecule has 0 spiro atoms. The minimum absolute atomic E-state index is 0.100. The summed E-state index contributed by atoms with van der Waals surface area (Å²) >= 11 is 0. The van der Waals surface area contributed by atoms with Crippen LogP contribution in [0.25, 0.3) is 0 Å². The maximum absolute atomic E-state index is 13.2. The number of hydrogen-bond acceptors (Lipinski definition) is 5. The minimum atomic E-state index is -0.238. The van der Waals surface area contributed by atoms with E-state index in [1.54, 1.807) is 43.3 Å². The Labute approximate surface area is 199 Å². The van der Waals surface area contributed by atoms with E-state index in [1.807, 2.05) is 24.3 Å². The van der Waals surface area contributed by atoms with Gasteiger partial charge in [-0.25, -0.2) is 0 Å². The van der Waals surface area contributed by atoms with Crippen molar-refractivity contribution in [3.63, 3.8) is 0 Å². The lowest BCUT2D eigenvalue weighted by atomic mass is 10.00. The fraction of sp³-hybridized carbons (Fsp3) is 0.259. The largest absolute Gasteiger partial charge is 0.493 e. The Hall–Kier alpha value is -3.84. The van der Waals surface area contributed by atoms with Gasteiger partial charge in [-0.2, -0.15) is 0 Å². The van der Waals surface area contributed by atoms with E-state index in [1.165, 1.54) is 18.2 Å². The lowest BCUT2D eigenvalue weighted by molar-refractivity contribution is 0.0949. The highest BCUT2D eigenvalue weighted by Crippen LogP contribution is 2.27. The second-order valence-electron chi connectivity index (χ2n) is 8.20. The molecule has 3 aromatic rings. The van der Waals surface area contributed by atoms with Gasteiger partial charge in [-0.3, -0.25) is 9.59 Å². The van der Waals surface area contributed by atoms with Crippen LogP contribution in [0.3, 0.4) is 0 Å². The van der Waals surface area contributed by atoms with Crippen molar-refractivity contribution in [1.29, 1.82) is 0 Å². The summed E-state index contributed by atoms with van der Waals surface area (Å²) in [6.45, 7) is 2.10. The summed E-state index contributed by atoms with van der Waals surface area (Å²) in [5.74, 6) is 0.711. The summed E-state index contributed by atoms with van der Waals surface area (Å²) in [5, 5.41) is 6.27. The van der Waals surface area contributed by atoms with Crippen LogP contribution in [0.4, 0.5) is 5.69 Å². The molecule has 0 radical (unpaired) electrons. The van der Waals surface area contributed by atoms with E-state index >= 15 is 0 Å². The minimum Gasteiger partial charge on any atom is -0.493 e. The van der Waals surface area contributed by atoms with E-state index in [4.69, 9.17) is 9.47 Å². The van der Waals surface area contributed by atoms with Gasteiger partial charge in [-0.1, -0.05) is 18.2 Å². The van der Waals surface area contributed by atoms with E-state index in [0.717, 1.165) is 30.8 Å². The van der Waals surface area contributed by atoms with Gasteiger partial charge in [0.25, 0.3) is 11.8 Å². The van der Waals surface area contributed by atoms with Gasteiger partial charge in [0.2, 0.25) is 0 Å². The molecule has 176 valence electrons. The van der Waals surface area contributed by atoms with Crippen molar-refractivity contribution < 1.29 is 19.1 Å². The molecule has 0 saturated heterocycles. The van der Waals surface area contributed by atoms with Gasteiger partial charge >= 0.3 is 0 Å². The molecule has 2 amide bonds. The molecular weight excluding hydrogens is 430 g/mol. The number of nitrogens with zero attached hydrogens (tertiary/aromatic N) is 1. The number of carbonyl (C=O) groups excluding carboxylic acids is 2. The van der Waals surface area contributed by atoms with Crippen LogP contribution in [0.5, 0.6) is 11.5 Å². The topological polar surface area (TPSA) is 79.9 Å². The van der Waals surface area contributed by atoms with Gasteiger partial charge in [-0.05, 0) is 72.1 Å². The van der Waals surface area contributed by atoms with E-state index < -0.39 is 0 Å². The van der Waals surface area contributed by atoms with Crippen LogP contribution in [-0.4, -0.2) is 39.6 Å². The maximum atomic E-state index is 13.2. The summed E-state index contributed by atoms with van der Waals surface area (Å²) in [6.07, 6.45) is 1.00. The van der Waals surface area contributed by atoms with Crippen LogP contribution in [-0.2, 0) is 19.5 Å². The number of carbonyl (C=O) groups is 2. The number of rotatable bonds is 7. The average molecular weight is 460 g/mol. The van der Waals surface area contributed by atoms with Crippen LogP contribution >= 0.6 is 0 Å². The van der Waals surface area contributed by atoms with Crippen molar-refractivity contribution in [2.45, 2.75) is 19.5 Å². The molecule has 0 fully saturated rings. The first-order valence-electron chi connectivity index (χ1n) is 11.2. The molecule has 3 aromatic carbocycles. The molecule has 1 aliphatic heterocycles. The SMILES string of the molecule is COc1ccc(C(=O)NCc2cccc(C(=O)N(C)c3ccc4c(c3)CNCC4)c2)cc1OC. The zero-order valence-electron chi connectivity index (χ0n) is 19.7. The van der Waals surface area contributed by atoms with Crippen LogP contribution < -0.4 is 25.0 Å². The van der Waals surface area contributed by atoms with Gasteiger partial charge < -0.3 is 25.0 Å². The first-order chi connectivity index (χ1) is 16.5. The highest BCUT2D eigenvalue weighted by molar-refractivity contribution is 6.06. The first kappa shape index (κ1) is 23.3. The predicted octanol–water partition coefficient (Wildman–Crippen LogP) is 3.56. The maximum Gasteiger partial charge on any atom is 0.258 e. The molecule has 2 N–H and O–H groups in total. The zero-order valence-corrected chi connectivity index (χ0v) is 19.7. The summed E-state index contributed by atoms with van der Waals surface area (Å²) < 4.78 is 10.5. The molecule has 0 unspecified atom stereocenters. The number of nitrogens with one attached hydrogen (secondary N) is 2. The Morgan fingerprint density at radius 2 is 1.76 bits per heavy atom. The van der Waals surface area contributed by atoms with Crippen molar-refractivity contribution in [2.24, 2.45) is 0 Å². The van der Waals surface area contributed by atoms with Crippen molar-refractivity contribution >= 4 is 17.5 Å². The summed E-state index contributed by atoms with van der Waals surface area (Å²) in [6, 6.07) is 18.5. The molecule has 34 heavy (non-hydrogen) atoms. The molecule has 1 heterocycles. The monoisotopic (exact) mass is 459 g/mol. The molecule has 1 aliphatic rings. The Kier molecular flexibility index (Phi) is 7.13. The second kappa shape index (κ2) is 10.4. The predicted molar refractivity (Wildman–Crippen MR) is 132 cm³/mol. The molecule has 4 rings (SSSR count). The third-order valence-electron chi connectivity index (χ3n) is 6.04. The molecule has 7 heteroatoms. The summed E-state index contributed by atoms with van der Waals surface area (Å²) in [4.78, 5) is 27.4. The van der Waals surface area contributed by atoms with E-state index in [0.29, 0.717) is 29.2 Å². The van der Waals surface area contributed by atoms with Crippen molar-refractivity contribution in [1.82, 2.24) is 10.6 Å². The lowest BCUT2D eigenvalue weighted by Crippen LogP contribution is -2.28. The third-order valence-corrected chi connectivity index (χ3v) is 6.04. The fourth-order valence-electron chi connectivity index (χ4n) is 4.06. The first-order valence-corrected chi connectivity index (χ1v) is 11.2. The Morgan fingerprint density at radius 3 is 2.56 bits per heavy atom. The average Bonchev–Trinajstić information content (AvgIpc) is 2.90. The van der Waals surface area contributed by atoms with Gasteiger partial charge in [0.1, 0.15) is 0 Å². The van der Waals surface area contributed by atoms with Crippen LogP contribution in [0.15, 0.2) is 60.7 Å². The number of fused-ring (bicyclic) bond motifs is 1. The zero-order chi connectivity index (χ0) is 24.1. The van der Waals surface area contributed by atoms with E-state index in [2.05, 4.69) is 22.8 Å². The molecule has 0 aliphatic carbocycles. The van der Waals surface area contributed by atoms with Gasteiger partial charge in [0, 0.05) is 37.0 Å². The Balaban J connectivity index is 1.43. The molecule has 0 bridgehead atoms. The number of methoxy groups -OCH3 is 2. The van der Waals surface area contributed by atoms with Crippen molar-refractivity contribution in [3.8, 4) is 11.5 Å². The number of anilines is 1. The molecule has 7 nitrogen and oxygen atoms in total. The van der Waals surface area contributed by atoms with Gasteiger partial charge in [-0.15, -0.1) is 0 Å². The van der Waals surface area contributed by atoms with Gasteiger partial charge in [0.15, 0.2) is 11.5 Å². The normalized spacial score (nSPS) is 12.4. The highest BCUT2D eigenvalue weighted by atomic mass is 16.5. The fourth-order valence-corrected chi connectivity index (χ4v) is 4.06. The van der Waals surface area contributed by atoms with Crippen molar-refractivity contribution in [3.05, 3.63) is 88.5 Å². The lowest BCUT2D eigenvalue weighted by Gasteiger charge is -2.22.